The topological polar surface area (TPSA) is 52.6 Å². The Balaban J connectivity index is 1.47. The van der Waals surface area contributed by atoms with Crippen LogP contribution < -0.4 is 0 Å². The van der Waals surface area contributed by atoms with E-state index in [0.29, 0.717) is 6.47 Å². The number of hydrogen-bond donors (Lipinski definition) is 0. The lowest BCUT2D eigenvalue weighted by Crippen LogP contribution is -2.69. The summed E-state index contributed by atoms with van der Waals surface area (Å²) >= 11 is 0. The van der Waals surface area contributed by atoms with Gasteiger partial charge in [-0.05, 0) is 44.5 Å². The fourth-order valence-corrected chi connectivity index (χ4v) is 6.35. The van der Waals surface area contributed by atoms with Gasteiger partial charge in [0.15, 0.2) is 6.10 Å². The summed E-state index contributed by atoms with van der Waals surface area (Å²) in [7, 11) is 0. The van der Waals surface area contributed by atoms with Gasteiger partial charge in [-0.25, -0.2) is 4.79 Å². The van der Waals surface area contributed by atoms with E-state index in [-0.39, 0.29) is 5.92 Å². The summed E-state index contributed by atoms with van der Waals surface area (Å²) in [5.74, 6) is -1.18. The average molecular weight is 444 g/mol. The number of fused-ring (bicyclic) bond motifs is 6. The maximum Gasteiger partial charge on any atom is 0.356 e. The van der Waals surface area contributed by atoms with Gasteiger partial charge in [0.1, 0.15) is 0 Å². The van der Waals surface area contributed by atoms with E-state index in [2.05, 4.69) is 36.4 Å². The third kappa shape index (κ3) is 2.27. The van der Waals surface area contributed by atoms with Crippen molar-refractivity contribution >= 4 is 12.4 Å². The zero-order valence-electron chi connectivity index (χ0n) is 18.2. The molecule has 1 saturated heterocycles. The Morgan fingerprint density at radius 2 is 1.06 bits per heavy atom. The second-order valence-electron chi connectivity index (χ2n) is 9.09. The average Bonchev–Trinajstić information content (AvgIpc) is 3.39. The minimum atomic E-state index is -1.46. The van der Waals surface area contributed by atoms with E-state index in [4.69, 9.17) is 9.47 Å². The van der Waals surface area contributed by atoms with Crippen LogP contribution in [0.2, 0.25) is 0 Å². The highest BCUT2D eigenvalue weighted by atomic mass is 16.7. The minimum absolute atomic E-state index is 0.232. The first-order chi connectivity index (χ1) is 16.8. The van der Waals surface area contributed by atoms with Crippen LogP contribution in [0, 0.1) is 0 Å². The largest absolute Gasteiger partial charge is 0.453 e. The molecule has 0 bridgehead atoms. The fraction of sp³-hybridized carbons (Fsp3) is 0.133. The molecule has 4 nitrogen and oxygen atoms in total. The summed E-state index contributed by atoms with van der Waals surface area (Å²) in [6.07, 6.45) is -0.654. The summed E-state index contributed by atoms with van der Waals surface area (Å²) in [6, 6.07) is 32.5. The van der Waals surface area contributed by atoms with E-state index in [1.54, 1.807) is 0 Å². The number of hydrogen-bond acceptors (Lipinski definition) is 4. The first-order valence-corrected chi connectivity index (χ1v) is 11.4. The number of carbonyl (C=O) groups excluding carboxylic acids is 2. The molecule has 1 aliphatic heterocycles. The highest BCUT2D eigenvalue weighted by molar-refractivity contribution is 5.94. The first-order valence-electron chi connectivity index (χ1n) is 11.4. The lowest BCUT2D eigenvalue weighted by Gasteiger charge is -2.51. The molecule has 7 rings (SSSR count). The molecule has 2 unspecified atom stereocenters. The molecular formula is C30H20O4. The molecule has 4 aromatic carbocycles. The molecule has 34 heavy (non-hydrogen) atoms. The van der Waals surface area contributed by atoms with Crippen molar-refractivity contribution < 1.29 is 19.1 Å². The van der Waals surface area contributed by atoms with Gasteiger partial charge >= 0.3 is 5.97 Å². The SMILES string of the molecule is O=COC1(C2c3ccccc3-c3ccccc32)C(=O)OC1C1c2ccccc2-c2ccccc21. The molecule has 0 spiro atoms. The molecule has 1 fully saturated rings. The Morgan fingerprint density at radius 1 is 0.647 bits per heavy atom. The van der Waals surface area contributed by atoms with Gasteiger partial charge in [0.2, 0.25) is 0 Å². The number of carbonyl (C=O) groups is 2. The van der Waals surface area contributed by atoms with E-state index in [1.807, 2.05) is 60.7 Å². The van der Waals surface area contributed by atoms with Crippen molar-refractivity contribution in [1.82, 2.24) is 0 Å². The Kier molecular flexibility index (Phi) is 3.92. The van der Waals surface area contributed by atoms with Gasteiger partial charge in [0.25, 0.3) is 12.1 Å². The summed E-state index contributed by atoms with van der Waals surface area (Å²) in [4.78, 5) is 25.4. The number of ether oxygens (including phenoxy) is 2. The molecular weight excluding hydrogens is 424 g/mol. The van der Waals surface area contributed by atoms with Crippen LogP contribution in [-0.2, 0) is 19.1 Å². The Hall–Kier alpha value is -4.18. The monoisotopic (exact) mass is 444 g/mol. The van der Waals surface area contributed by atoms with Crippen molar-refractivity contribution in [3.8, 4) is 22.3 Å². The molecule has 1 heterocycles. The molecule has 2 atom stereocenters. The Bertz CT molecular complexity index is 1400. The van der Waals surface area contributed by atoms with Crippen molar-refractivity contribution in [2.24, 2.45) is 0 Å². The Morgan fingerprint density at radius 3 is 1.50 bits per heavy atom. The maximum atomic E-state index is 13.4. The van der Waals surface area contributed by atoms with Crippen molar-refractivity contribution in [2.45, 2.75) is 23.5 Å². The van der Waals surface area contributed by atoms with E-state index in [1.165, 1.54) is 0 Å². The van der Waals surface area contributed by atoms with Crippen LogP contribution in [0.4, 0.5) is 0 Å². The molecule has 0 radical (unpaired) electrons. The van der Waals surface area contributed by atoms with E-state index < -0.39 is 23.6 Å². The second-order valence-corrected chi connectivity index (χ2v) is 9.09. The molecule has 4 heteroatoms. The minimum Gasteiger partial charge on any atom is -0.453 e. The van der Waals surface area contributed by atoms with Crippen LogP contribution in [0.3, 0.4) is 0 Å². The summed E-state index contributed by atoms with van der Waals surface area (Å²) in [5, 5.41) is 0. The van der Waals surface area contributed by atoms with Gasteiger partial charge in [0.05, 0.1) is 11.8 Å². The van der Waals surface area contributed by atoms with E-state index in [0.717, 1.165) is 44.5 Å². The summed E-state index contributed by atoms with van der Waals surface area (Å²) in [5.41, 5.74) is 7.03. The van der Waals surface area contributed by atoms with Gasteiger partial charge in [-0.2, -0.15) is 0 Å². The van der Waals surface area contributed by atoms with Gasteiger partial charge in [0, 0.05) is 0 Å². The van der Waals surface area contributed by atoms with Crippen LogP contribution >= 0.6 is 0 Å². The van der Waals surface area contributed by atoms with Crippen LogP contribution in [0.25, 0.3) is 22.3 Å². The van der Waals surface area contributed by atoms with Gasteiger partial charge in [-0.15, -0.1) is 0 Å². The number of esters is 1. The quantitative estimate of drug-likeness (QED) is 0.310. The standard InChI is InChI=1S/C30H20O4/c31-17-33-30(27-24-15-7-3-11-20(24)21-12-4-8-16-25(21)27)28(34-29(30)32)26-22-13-5-1-9-18(22)19-10-2-6-14-23(19)26/h1-17,26-28H. The second kappa shape index (κ2) is 6.91. The van der Waals surface area contributed by atoms with Gasteiger partial charge in [-0.1, -0.05) is 97.1 Å². The number of cyclic esters (lactones) is 1. The lowest BCUT2D eigenvalue weighted by atomic mass is 9.68. The van der Waals surface area contributed by atoms with Crippen LogP contribution in [0.5, 0.6) is 0 Å². The molecule has 164 valence electrons. The highest BCUT2D eigenvalue weighted by Gasteiger charge is 2.70. The van der Waals surface area contributed by atoms with Gasteiger partial charge < -0.3 is 9.47 Å². The Labute approximate surface area is 196 Å². The molecule has 0 saturated carbocycles. The number of rotatable bonds is 4. The molecule has 4 aromatic rings. The summed E-state index contributed by atoms with van der Waals surface area (Å²) in [6.45, 7) is 0.406. The van der Waals surface area contributed by atoms with Crippen molar-refractivity contribution in [3.63, 3.8) is 0 Å². The van der Waals surface area contributed by atoms with Crippen molar-refractivity contribution in [1.29, 1.82) is 0 Å². The van der Waals surface area contributed by atoms with Crippen LogP contribution in [0.15, 0.2) is 97.1 Å². The number of benzene rings is 4. The third-order valence-corrected chi connectivity index (χ3v) is 7.67. The first kappa shape index (κ1) is 19.3. The predicted octanol–water partition coefficient (Wildman–Crippen LogP) is 5.45. The van der Waals surface area contributed by atoms with Crippen LogP contribution in [0.1, 0.15) is 34.1 Å². The third-order valence-electron chi connectivity index (χ3n) is 7.67. The van der Waals surface area contributed by atoms with Gasteiger partial charge in [-0.3, -0.25) is 4.79 Å². The van der Waals surface area contributed by atoms with Crippen LogP contribution in [-0.4, -0.2) is 24.1 Å². The molecule has 0 aromatic heterocycles. The normalized spacial score (nSPS) is 22.1. The molecule has 0 N–H and O–H groups in total. The van der Waals surface area contributed by atoms with Crippen molar-refractivity contribution in [3.05, 3.63) is 119 Å². The van der Waals surface area contributed by atoms with E-state index in [9.17, 15) is 9.59 Å². The highest BCUT2D eigenvalue weighted by Crippen LogP contribution is 2.60. The predicted molar refractivity (Wildman–Crippen MR) is 127 cm³/mol. The molecule has 0 amide bonds. The van der Waals surface area contributed by atoms with E-state index >= 15 is 0 Å². The molecule has 3 aliphatic rings. The zero-order chi connectivity index (χ0) is 22.9. The lowest BCUT2D eigenvalue weighted by molar-refractivity contribution is -0.240. The smallest absolute Gasteiger partial charge is 0.356 e. The van der Waals surface area contributed by atoms with Crippen molar-refractivity contribution in [2.75, 3.05) is 0 Å². The zero-order valence-corrected chi connectivity index (χ0v) is 18.2. The summed E-state index contributed by atoms with van der Waals surface area (Å²) < 4.78 is 11.8. The maximum absolute atomic E-state index is 13.4. The molecule has 2 aliphatic carbocycles. The fourth-order valence-electron chi connectivity index (χ4n) is 6.35.